The number of carbonyl (C=O) groups excluding carboxylic acids is 1. The highest BCUT2D eigenvalue weighted by molar-refractivity contribution is 7.80. The Morgan fingerprint density at radius 3 is 2.65 bits per heavy atom. The number of nitrogens with two attached hydrogens (primary N) is 1. The van der Waals surface area contributed by atoms with Crippen molar-refractivity contribution in [2.24, 2.45) is 5.73 Å². The maximum absolute atomic E-state index is 11.7. The Morgan fingerprint density at radius 1 is 1.41 bits per heavy atom. The Hall–Kier alpha value is -0.720. The van der Waals surface area contributed by atoms with Gasteiger partial charge in [0.15, 0.2) is 0 Å². The number of thiocarbonyl (C=S) groups is 1. The van der Waals surface area contributed by atoms with Crippen molar-refractivity contribution in [2.45, 2.75) is 19.8 Å². The summed E-state index contributed by atoms with van der Waals surface area (Å²) in [6.45, 7) is 4.57. The van der Waals surface area contributed by atoms with Gasteiger partial charge < -0.3 is 20.1 Å². The fourth-order valence-electron chi connectivity index (χ4n) is 1.32. The van der Waals surface area contributed by atoms with Gasteiger partial charge in [-0.15, -0.1) is 0 Å². The van der Waals surface area contributed by atoms with Crippen LogP contribution in [0.4, 0.5) is 0 Å². The average molecular weight is 262 g/mol. The minimum atomic E-state index is -0.0414. The molecule has 0 saturated carbocycles. The highest BCUT2D eigenvalue weighted by Crippen LogP contribution is 1.97. The zero-order valence-electron chi connectivity index (χ0n) is 10.6. The quantitative estimate of drug-likeness (QED) is 0.460. The van der Waals surface area contributed by atoms with E-state index >= 15 is 0 Å². The van der Waals surface area contributed by atoms with E-state index in [2.05, 4.69) is 0 Å². The minimum absolute atomic E-state index is 0.0414. The predicted octanol–water partition coefficient (Wildman–Crippen LogP) is 0.564. The van der Waals surface area contributed by atoms with E-state index in [1.165, 1.54) is 7.11 Å². The third kappa shape index (κ3) is 9.02. The Balaban J connectivity index is 4.00. The first-order valence-electron chi connectivity index (χ1n) is 5.74. The van der Waals surface area contributed by atoms with Crippen LogP contribution in [0.2, 0.25) is 0 Å². The Labute approximate surface area is 108 Å². The molecule has 6 heteroatoms. The summed E-state index contributed by atoms with van der Waals surface area (Å²) in [5.41, 5.74) is 5.43. The number of methoxy groups -OCH3 is 1. The number of hydrogen-bond donors (Lipinski definition) is 1. The van der Waals surface area contributed by atoms with Gasteiger partial charge in [-0.05, 0) is 13.3 Å². The van der Waals surface area contributed by atoms with E-state index in [1.54, 1.807) is 4.90 Å². The largest absolute Gasteiger partial charge is 0.393 e. The molecule has 0 aromatic heterocycles. The lowest BCUT2D eigenvalue weighted by Crippen LogP contribution is -2.37. The number of nitrogens with zero attached hydrogens (tertiary/aromatic N) is 1. The van der Waals surface area contributed by atoms with Crippen molar-refractivity contribution in [1.29, 1.82) is 0 Å². The van der Waals surface area contributed by atoms with Crippen molar-refractivity contribution in [3.8, 4) is 0 Å². The summed E-state index contributed by atoms with van der Waals surface area (Å²) in [4.78, 5) is 13.8. The topological polar surface area (TPSA) is 64.8 Å². The molecule has 1 amide bonds. The number of hydrogen-bond acceptors (Lipinski definition) is 4. The summed E-state index contributed by atoms with van der Waals surface area (Å²) in [5, 5.41) is 0. The van der Waals surface area contributed by atoms with Gasteiger partial charge in [0, 0.05) is 39.8 Å². The third-order valence-electron chi connectivity index (χ3n) is 2.17. The van der Waals surface area contributed by atoms with Crippen LogP contribution in [0.25, 0.3) is 0 Å². The van der Waals surface area contributed by atoms with Gasteiger partial charge in [-0.3, -0.25) is 4.79 Å². The Bertz CT molecular complexity index is 237. The van der Waals surface area contributed by atoms with Crippen LogP contribution >= 0.6 is 12.2 Å². The summed E-state index contributed by atoms with van der Waals surface area (Å²) in [7, 11) is 1.50. The van der Waals surface area contributed by atoms with E-state index < -0.39 is 0 Å². The fourth-order valence-corrected chi connectivity index (χ4v) is 1.41. The molecule has 0 saturated heterocycles. The van der Waals surface area contributed by atoms with Crippen molar-refractivity contribution in [1.82, 2.24) is 4.90 Å². The zero-order valence-corrected chi connectivity index (χ0v) is 11.4. The van der Waals surface area contributed by atoms with Gasteiger partial charge in [0.2, 0.25) is 5.91 Å². The molecule has 100 valence electrons. The van der Waals surface area contributed by atoms with Gasteiger partial charge in [-0.2, -0.15) is 0 Å². The molecule has 0 aromatic carbocycles. The third-order valence-corrected chi connectivity index (χ3v) is 2.37. The second kappa shape index (κ2) is 10.4. The van der Waals surface area contributed by atoms with E-state index in [4.69, 9.17) is 27.4 Å². The van der Waals surface area contributed by atoms with Gasteiger partial charge in [-0.1, -0.05) is 12.2 Å². The van der Waals surface area contributed by atoms with Crippen molar-refractivity contribution in [3.05, 3.63) is 0 Å². The van der Waals surface area contributed by atoms with Gasteiger partial charge >= 0.3 is 0 Å². The standard InChI is InChI=1S/C11H22N2O3S/c1-3-16-8-4-6-13(7-5-10(12)17)11(14)9-15-2/h3-9H2,1-2H3,(H2,12,17). The molecular formula is C11H22N2O3S. The number of amides is 1. The van der Waals surface area contributed by atoms with E-state index in [0.717, 1.165) is 6.42 Å². The molecular weight excluding hydrogens is 240 g/mol. The molecule has 0 aromatic rings. The molecule has 0 bridgehead atoms. The van der Waals surface area contributed by atoms with Crippen LogP contribution in [0.3, 0.4) is 0 Å². The molecule has 0 aliphatic rings. The monoisotopic (exact) mass is 262 g/mol. The normalized spacial score (nSPS) is 10.2. The van der Waals surface area contributed by atoms with Gasteiger partial charge in [-0.25, -0.2) is 0 Å². The average Bonchev–Trinajstić information content (AvgIpc) is 2.28. The maximum Gasteiger partial charge on any atom is 0.248 e. The van der Waals surface area contributed by atoms with E-state index in [-0.39, 0.29) is 12.5 Å². The van der Waals surface area contributed by atoms with Crippen LogP contribution in [-0.2, 0) is 14.3 Å². The SMILES string of the molecule is CCOCCCN(CCC(N)=S)C(=O)COC. The summed E-state index contributed by atoms with van der Waals surface area (Å²) < 4.78 is 10.1. The van der Waals surface area contributed by atoms with Crippen LogP contribution in [0.15, 0.2) is 0 Å². The molecule has 0 atom stereocenters. The summed E-state index contributed by atoms with van der Waals surface area (Å²) in [5.74, 6) is -0.0414. The number of rotatable bonds is 10. The number of carbonyl (C=O) groups is 1. The van der Waals surface area contributed by atoms with Crippen LogP contribution in [0.1, 0.15) is 19.8 Å². The van der Waals surface area contributed by atoms with E-state index in [0.29, 0.717) is 37.7 Å². The summed E-state index contributed by atoms with van der Waals surface area (Å²) >= 11 is 4.80. The lowest BCUT2D eigenvalue weighted by atomic mass is 10.3. The zero-order chi connectivity index (χ0) is 13.1. The molecule has 17 heavy (non-hydrogen) atoms. The second-order valence-corrected chi connectivity index (χ2v) is 4.10. The van der Waals surface area contributed by atoms with Crippen molar-refractivity contribution in [2.75, 3.05) is 40.0 Å². The van der Waals surface area contributed by atoms with Crippen LogP contribution < -0.4 is 5.73 Å². The van der Waals surface area contributed by atoms with Crippen LogP contribution in [0, 0.1) is 0 Å². The van der Waals surface area contributed by atoms with Crippen LogP contribution in [-0.4, -0.2) is 55.8 Å². The van der Waals surface area contributed by atoms with Crippen molar-refractivity contribution >= 4 is 23.1 Å². The molecule has 0 fully saturated rings. The molecule has 0 aliphatic carbocycles. The molecule has 0 spiro atoms. The van der Waals surface area contributed by atoms with Gasteiger partial charge in [0.25, 0.3) is 0 Å². The molecule has 5 nitrogen and oxygen atoms in total. The van der Waals surface area contributed by atoms with Gasteiger partial charge in [0.05, 0.1) is 4.99 Å². The molecule has 2 N–H and O–H groups in total. The molecule has 0 unspecified atom stereocenters. The lowest BCUT2D eigenvalue weighted by Gasteiger charge is -2.22. The molecule has 0 radical (unpaired) electrons. The van der Waals surface area contributed by atoms with E-state index in [9.17, 15) is 4.79 Å². The maximum atomic E-state index is 11.7. The smallest absolute Gasteiger partial charge is 0.248 e. The minimum Gasteiger partial charge on any atom is -0.393 e. The van der Waals surface area contributed by atoms with Gasteiger partial charge in [0.1, 0.15) is 6.61 Å². The first-order chi connectivity index (χ1) is 8.11. The van der Waals surface area contributed by atoms with Crippen molar-refractivity contribution in [3.63, 3.8) is 0 Å². The van der Waals surface area contributed by atoms with Crippen LogP contribution in [0.5, 0.6) is 0 Å². The predicted molar refractivity (Wildman–Crippen MR) is 71.0 cm³/mol. The fraction of sp³-hybridized carbons (Fsp3) is 0.818. The molecule has 0 rings (SSSR count). The molecule has 0 heterocycles. The highest BCUT2D eigenvalue weighted by Gasteiger charge is 2.12. The summed E-state index contributed by atoms with van der Waals surface area (Å²) in [6, 6.07) is 0. The Kier molecular flexibility index (Phi) is 9.99. The second-order valence-electron chi connectivity index (χ2n) is 3.58. The van der Waals surface area contributed by atoms with E-state index in [1.807, 2.05) is 6.92 Å². The highest BCUT2D eigenvalue weighted by atomic mass is 32.1. The molecule has 0 aliphatic heterocycles. The first-order valence-corrected chi connectivity index (χ1v) is 6.15. The first kappa shape index (κ1) is 16.3. The number of ether oxygens (including phenoxy) is 2. The summed E-state index contributed by atoms with van der Waals surface area (Å²) in [6.07, 6.45) is 1.35. The lowest BCUT2D eigenvalue weighted by molar-refractivity contribution is -0.135. The Morgan fingerprint density at radius 2 is 2.12 bits per heavy atom. The van der Waals surface area contributed by atoms with Crippen molar-refractivity contribution < 1.29 is 14.3 Å².